The monoisotopic (exact) mass is 303 g/mol. The molecule has 0 saturated carbocycles. The van der Waals surface area contributed by atoms with E-state index in [-0.39, 0.29) is 17.2 Å². The molecule has 1 N–H and O–H groups in total. The highest BCUT2D eigenvalue weighted by atomic mass is 32.1. The molecule has 1 heterocycles. The van der Waals surface area contributed by atoms with Gasteiger partial charge in [-0.2, -0.15) is 17.5 Å². The summed E-state index contributed by atoms with van der Waals surface area (Å²) in [6, 6.07) is 5.77. The number of carbonyl (C=O) groups is 1. The second kappa shape index (κ2) is 5.49. The van der Waals surface area contributed by atoms with Gasteiger partial charge in [-0.1, -0.05) is 6.07 Å². The van der Waals surface area contributed by atoms with Gasteiger partial charge in [0.1, 0.15) is 17.2 Å². The lowest BCUT2D eigenvalue weighted by Gasteiger charge is -2.09. The van der Waals surface area contributed by atoms with Crippen LogP contribution in [0.15, 0.2) is 30.3 Å². The van der Waals surface area contributed by atoms with Gasteiger partial charge in [0.25, 0.3) is 0 Å². The quantitative estimate of drug-likeness (QED) is 0.940. The summed E-state index contributed by atoms with van der Waals surface area (Å²) < 4.78 is 46.5. The lowest BCUT2D eigenvalue weighted by Crippen LogP contribution is -2.05. The third-order valence-electron chi connectivity index (χ3n) is 2.32. The summed E-state index contributed by atoms with van der Waals surface area (Å²) in [4.78, 5) is 10.7. The van der Waals surface area contributed by atoms with Gasteiger partial charge in [0.15, 0.2) is 0 Å². The van der Waals surface area contributed by atoms with Gasteiger partial charge in [0, 0.05) is 0 Å². The van der Waals surface area contributed by atoms with Crippen LogP contribution in [0.3, 0.4) is 0 Å². The zero-order chi connectivity index (χ0) is 14.8. The summed E-state index contributed by atoms with van der Waals surface area (Å²) in [6.07, 6.45) is -4.43. The van der Waals surface area contributed by atoms with E-state index < -0.39 is 17.7 Å². The van der Waals surface area contributed by atoms with Crippen LogP contribution >= 0.6 is 11.5 Å². The van der Waals surface area contributed by atoms with Gasteiger partial charge < -0.3 is 9.84 Å². The minimum Gasteiger partial charge on any atom is -0.487 e. The highest BCUT2D eigenvalue weighted by Crippen LogP contribution is 2.31. The Balaban J connectivity index is 2.05. The number of aromatic nitrogens is 1. The Hall–Kier alpha value is -2.09. The number of carboxylic acid groups (broad SMARTS) is 1. The van der Waals surface area contributed by atoms with Gasteiger partial charge in [-0.05, 0) is 35.8 Å². The zero-order valence-corrected chi connectivity index (χ0v) is 10.7. The number of alkyl halides is 3. The molecule has 0 saturated heterocycles. The van der Waals surface area contributed by atoms with Crippen LogP contribution in [-0.2, 0) is 12.8 Å². The Kier molecular flexibility index (Phi) is 3.93. The highest BCUT2D eigenvalue weighted by molar-refractivity contribution is 7.08. The summed E-state index contributed by atoms with van der Waals surface area (Å²) in [6.45, 7) is -0.0922. The largest absolute Gasteiger partial charge is 0.487 e. The van der Waals surface area contributed by atoms with E-state index in [4.69, 9.17) is 9.84 Å². The Bertz CT molecular complexity index is 624. The van der Waals surface area contributed by atoms with Crippen LogP contribution in [0.2, 0.25) is 0 Å². The molecule has 1 aromatic heterocycles. The predicted molar refractivity (Wildman–Crippen MR) is 64.8 cm³/mol. The van der Waals surface area contributed by atoms with E-state index in [0.717, 1.165) is 23.7 Å². The third kappa shape index (κ3) is 3.47. The zero-order valence-electron chi connectivity index (χ0n) is 9.85. The molecule has 2 aromatic rings. The average Bonchev–Trinajstić information content (AvgIpc) is 2.85. The van der Waals surface area contributed by atoms with E-state index in [0.29, 0.717) is 5.69 Å². The SMILES string of the molecule is O=C(O)c1cc(COc2cccc(C(F)(F)F)c2)ns1. The normalized spacial score (nSPS) is 11.3. The van der Waals surface area contributed by atoms with Crippen molar-refractivity contribution in [1.29, 1.82) is 0 Å². The molecule has 0 atom stereocenters. The van der Waals surface area contributed by atoms with Crippen molar-refractivity contribution in [3.05, 3.63) is 46.5 Å². The first-order valence-electron chi connectivity index (χ1n) is 5.35. The van der Waals surface area contributed by atoms with Crippen LogP contribution in [-0.4, -0.2) is 15.4 Å². The number of benzene rings is 1. The molecule has 0 aliphatic heterocycles. The van der Waals surface area contributed by atoms with E-state index >= 15 is 0 Å². The first kappa shape index (κ1) is 14.3. The highest BCUT2D eigenvalue weighted by Gasteiger charge is 2.30. The fourth-order valence-electron chi connectivity index (χ4n) is 1.40. The summed E-state index contributed by atoms with van der Waals surface area (Å²) in [5.74, 6) is -1.06. The summed E-state index contributed by atoms with van der Waals surface area (Å²) in [5, 5.41) is 8.71. The van der Waals surface area contributed by atoms with E-state index in [1.807, 2.05) is 0 Å². The van der Waals surface area contributed by atoms with Crippen molar-refractivity contribution in [3.63, 3.8) is 0 Å². The Morgan fingerprint density at radius 2 is 2.10 bits per heavy atom. The fraction of sp³-hybridized carbons (Fsp3) is 0.167. The average molecular weight is 303 g/mol. The first-order chi connectivity index (χ1) is 9.36. The van der Waals surface area contributed by atoms with Gasteiger partial charge in [0.2, 0.25) is 0 Å². The van der Waals surface area contributed by atoms with Crippen molar-refractivity contribution in [1.82, 2.24) is 4.37 Å². The van der Waals surface area contributed by atoms with E-state index in [9.17, 15) is 18.0 Å². The van der Waals surface area contributed by atoms with Crippen molar-refractivity contribution >= 4 is 17.5 Å². The van der Waals surface area contributed by atoms with Crippen molar-refractivity contribution in [2.75, 3.05) is 0 Å². The van der Waals surface area contributed by atoms with Crippen LogP contribution < -0.4 is 4.74 Å². The maximum absolute atomic E-state index is 12.5. The Labute approximate surface area is 115 Å². The van der Waals surface area contributed by atoms with Crippen molar-refractivity contribution < 1.29 is 27.8 Å². The summed E-state index contributed by atoms with van der Waals surface area (Å²) in [5.41, 5.74) is -0.454. The second-order valence-corrected chi connectivity index (χ2v) is 4.61. The number of carboxylic acids is 1. The lowest BCUT2D eigenvalue weighted by atomic mass is 10.2. The molecule has 20 heavy (non-hydrogen) atoms. The van der Waals surface area contributed by atoms with Crippen LogP contribution in [0.1, 0.15) is 20.9 Å². The number of halogens is 3. The van der Waals surface area contributed by atoms with Crippen LogP contribution in [0.5, 0.6) is 5.75 Å². The molecule has 0 aliphatic rings. The van der Waals surface area contributed by atoms with E-state index in [1.54, 1.807) is 0 Å². The maximum atomic E-state index is 12.5. The van der Waals surface area contributed by atoms with Crippen LogP contribution in [0, 0.1) is 0 Å². The van der Waals surface area contributed by atoms with Gasteiger partial charge in [-0.15, -0.1) is 0 Å². The van der Waals surface area contributed by atoms with Gasteiger partial charge in [-0.25, -0.2) is 4.79 Å². The minimum absolute atomic E-state index is 0.0460. The topological polar surface area (TPSA) is 59.4 Å². The molecule has 1 aromatic carbocycles. The van der Waals surface area contributed by atoms with Crippen molar-refractivity contribution in [3.8, 4) is 5.75 Å². The van der Waals surface area contributed by atoms with E-state index in [1.165, 1.54) is 18.2 Å². The Morgan fingerprint density at radius 1 is 1.35 bits per heavy atom. The van der Waals surface area contributed by atoms with Crippen molar-refractivity contribution in [2.24, 2.45) is 0 Å². The van der Waals surface area contributed by atoms with Gasteiger partial charge in [-0.3, -0.25) is 0 Å². The molecule has 0 aliphatic carbocycles. The molecule has 0 radical (unpaired) electrons. The standard InChI is InChI=1S/C12H8F3NO3S/c13-12(14,15)7-2-1-3-9(4-7)19-6-8-5-10(11(17)18)20-16-8/h1-5H,6H2,(H,17,18). The molecule has 0 spiro atoms. The first-order valence-corrected chi connectivity index (χ1v) is 6.12. The minimum atomic E-state index is -4.43. The predicted octanol–water partition coefficient (Wildman–Crippen LogP) is 3.44. The third-order valence-corrected chi connectivity index (χ3v) is 3.13. The van der Waals surface area contributed by atoms with Crippen LogP contribution in [0.25, 0.3) is 0 Å². The summed E-state index contributed by atoms with van der Waals surface area (Å²) >= 11 is 0.791. The number of hydrogen-bond donors (Lipinski definition) is 1. The molecular formula is C12H8F3NO3S. The lowest BCUT2D eigenvalue weighted by molar-refractivity contribution is -0.137. The van der Waals surface area contributed by atoms with Gasteiger partial charge in [0.05, 0.1) is 11.3 Å². The smallest absolute Gasteiger partial charge is 0.416 e. The molecule has 106 valence electrons. The van der Waals surface area contributed by atoms with E-state index in [2.05, 4.69) is 4.37 Å². The Morgan fingerprint density at radius 3 is 2.70 bits per heavy atom. The summed E-state index contributed by atoms with van der Waals surface area (Å²) in [7, 11) is 0. The number of nitrogens with zero attached hydrogens (tertiary/aromatic N) is 1. The van der Waals surface area contributed by atoms with Gasteiger partial charge >= 0.3 is 12.1 Å². The molecular weight excluding hydrogens is 295 g/mol. The second-order valence-electron chi connectivity index (χ2n) is 3.80. The molecule has 4 nitrogen and oxygen atoms in total. The fourth-order valence-corrected chi connectivity index (χ4v) is 1.99. The molecule has 0 unspecified atom stereocenters. The van der Waals surface area contributed by atoms with Crippen molar-refractivity contribution in [2.45, 2.75) is 12.8 Å². The number of aromatic carboxylic acids is 1. The molecule has 2 rings (SSSR count). The molecule has 0 amide bonds. The molecule has 8 heteroatoms. The number of rotatable bonds is 4. The number of ether oxygens (including phenoxy) is 1. The number of hydrogen-bond acceptors (Lipinski definition) is 4. The molecule has 0 bridgehead atoms. The maximum Gasteiger partial charge on any atom is 0.416 e. The van der Waals surface area contributed by atoms with Crippen LogP contribution in [0.4, 0.5) is 13.2 Å². The molecule has 0 fully saturated rings.